The molecule has 3 heterocycles. The van der Waals surface area contributed by atoms with Gasteiger partial charge >= 0.3 is 0 Å². The zero-order chi connectivity index (χ0) is 16.6. The lowest BCUT2D eigenvalue weighted by molar-refractivity contribution is 0.0936. The number of aromatic nitrogens is 2. The Balaban J connectivity index is 1.90. The summed E-state index contributed by atoms with van der Waals surface area (Å²) in [4.78, 5) is 17.1. The number of fused-ring (bicyclic) bond motifs is 1. The van der Waals surface area contributed by atoms with E-state index in [-0.39, 0.29) is 11.9 Å². The largest absolute Gasteiger partial charge is 0.466 e. The van der Waals surface area contributed by atoms with Crippen molar-refractivity contribution in [1.29, 1.82) is 0 Å². The van der Waals surface area contributed by atoms with Crippen molar-refractivity contribution in [2.75, 3.05) is 6.26 Å². The van der Waals surface area contributed by atoms with E-state index in [1.54, 1.807) is 0 Å². The number of thioether (sulfide) groups is 1. The Bertz CT molecular complexity index is 866. The van der Waals surface area contributed by atoms with Gasteiger partial charge in [-0.2, -0.15) is 0 Å². The highest BCUT2D eigenvalue weighted by atomic mass is 32.2. The van der Waals surface area contributed by atoms with Crippen LogP contribution in [0, 0.1) is 13.8 Å². The van der Waals surface area contributed by atoms with Gasteiger partial charge in [0.1, 0.15) is 11.5 Å². The number of amides is 1. The summed E-state index contributed by atoms with van der Waals surface area (Å²) in [5.74, 6) is 1.49. The van der Waals surface area contributed by atoms with Gasteiger partial charge in [0.25, 0.3) is 5.91 Å². The summed E-state index contributed by atoms with van der Waals surface area (Å²) in [6, 6.07) is 7.55. The number of nitrogens with zero attached hydrogens (tertiary/aromatic N) is 2. The van der Waals surface area contributed by atoms with E-state index in [1.165, 1.54) is 11.8 Å². The summed E-state index contributed by atoms with van der Waals surface area (Å²) in [7, 11) is 0. The van der Waals surface area contributed by atoms with Crippen LogP contribution in [0.25, 0.3) is 5.52 Å². The molecule has 120 valence electrons. The minimum atomic E-state index is -0.181. The van der Waals surface area contributed by atoms with Gasteiger partial charge < -0.3 is 9.73 Å². The van der Waals surface area contributed by atoms with Crippen LogP contribution in [-0.2, 0) is 0 Å². The maximum Gasteiger partial charge on any atom is 0.272 e. The van der Waals surface area contributed by atoms with Gasteiger partial charge in [-0.3, -0.25) is 9.20 Å². The summed E-state index contributed by atoms with van der Waals surface area (Å²) >= 11 is 1.51. The number of hydrogen-bond acceptors (Lipinski definition) is 4. The Morgan fingerprint density at radius 3 is 2.83 bits per heavy atom. The average Bonchev–Trinajstić information content (AvgIpc) is 3.07. The van der Waals surface area contributed by atoms with Crippen LogP contribution >= 0.6 is 11.8 Å². The number of imidazole rings is 1. The lowest BCUT2D eigenvalue weighted by Gasteiger charge is -2.12. The van der Waals surface area contributed by atoms with Crippen molar-refractivity contribution in [3.05, 3.63) is 53.2 Å². The van der Waals surface area contributed by atoms with Crippen molar-refractivity contribution >= 4 is 23.2 Å². The van der Waals surface area contributed by atoms with Gasteiger partial charge in [0, 0.05) is 11.8 Å². The second kappa shape index (κ2) is 6.12. The molecule has 0 aliphatic rings. The van der Waals surface area contributed by atoms with Crippen molar-refractivity contribution in [2.24, 2.45) is 0 Å². The van der Waals surface area contributed by atoms with E-state index in [9.17, 15) is 4.79 Å². The Morgan fingerprint density at radius 2 is 2.17 bits per heavy atom. The predicted octanol–water partition coefficient (Wildman–Crippen LogP) is 3.76. The van der Waals surface area contributed by atoms with Crippen LogP contribution in [0.1, 0.15) is 40.5 Å². The van der Waals surface area contributed by atoms with E-state index in [4.69, 9.17) is 4.42 Å². The topological polar surface area (TPSA) is 59.5 Å². The standard InChI is InChI=1S/C17H19N3O2S/c1-10-9-13(12(3)22-10)11(2)18-16(21)15-14-7-5-6-8-20(14)17(19-15)23-4/h5-9,11H,1-4H3,(H,18,21)/t11-/m0/s1. The van der Waals surface area contributed by atoms with Crippen LogP contribution < -0.4 is 5.32 Å². The number of carbonyl (C=O) groups is 1. The third-order valence-electron chi connectivity index (χ3n) is 3.81. The molecule has 3 aromatic heterocycles. The van der Waals surface area contributed by atoms with Crippen molar-refractivity contribution in [2.45, 2.75) is 32.0 Å². The van der Waals surface area contributed by atoms with Gasteiger partial charge in [-0.15, -0.1) is 0 Å². The zero-order valence-corrected chi connectivity index (χ0v) is 14.4. The molecular formula is C17H19N3O2S. The molecule has 1 N–H and O–H groups in total. The number of hydrogen-bond donors (Lipinski definition) is 1. The van der Waals surface area contributed by atoms with Crippen LogP contribution in [0.2, 0.25) is 0 Å². The molecule has 0 bridgehead atoms. The third kappa shape index (κ3) is 2.86. The molecule has 0 aliphatic heterocycles. The zero-order valence-electron chi connectivity index (χ0n) is 13.6. The van der Waals surface area contributed by atoms with Gasteiger partial charge in [-0.25, -0.2) is 4.98 Å². The first-order chi connectivity index (χ1) is 11.0. The monoisotopic (exact) mass is 329 g/mol. The quantitative estimate of drug-likeness (QED) is 0.741. The molecule has 3 aromatic rings. The molecule has 0 saturated heterocycles. The SMILES string of the molecule is CSc1nc(C(=O)N[C@@H](C)c2cc(C)oc2C)c2ccccn12. The molecule has 6 heteroatoms. The normalized spacial score (nSPS) is 12.5. The van der Waals surface area contributed by atoms with E-state index in [2.05, 4.69) is 10.3 Å². The maximum absolute atomic E-state index is 12.7. The molecule has 0 aromatic carbocycles. The Hall–Kier alpha value is -2.21. The highest BCUT2D eigenvalue weighted by Crippen LogP contribution is 2.23. The third-order valence-corrected chi connectivity index (χ3v) is 4.46. The first kappa shape index (κ1) is 15.7. The van der Waals surface area contributed by atoms with Crippen LogP contribution in [0.4, 0.5) is 0 Å². The minimum absolute atomic E-state index is 0.141. The molecule has 3 rings (SSSR count). The lowest BCUT2D eigenvalue weighted by Crippen LogP contribution is -2.27. The van der Waals surface area contributed by atoms with Crippen molar-refractivity contribution < 1.29 is 9.21 Å². The smallest absolute Gasteiger partial charge is 0.272 e. The maximum atomic E-state index is 12.7. The van der Waals surface area contributed by atoms with Gasteiger partial charge in [0.15, 0.2) is 10.9 Å². The van der Waals surface area contributed by atoms with E-state index in [0.29, 0.717) is 5.69 Å². The number of nitrogens with one attached hydrogen (secondary N) is 1. The molecule has 1 amide bonds. The first-order valence-electron chi connectivity index (χ1n) is 7.40. The molecular weight excluding hydrogens is 310 g/mol. The van der Waals surface area contributed by atoms with Crippen molar-refractivity contribution in [1.82, 2.24) is 14.7 Å². The van der Waals surface area contributed by atoms with E-state index < -0.39 is 0 Å². The van der Waals surface area contributed by atoms with Crippen LogP contribution in [0.15, 0.2) is 40.0 Å². The summed E-state index contributed by atoms with van der Waals surface area (Å²) in [5.41, 5.74) is 2.24. The van der Waals surface area contributed by atoms with E-state index in [0.717, 1.165) is 27.8 Å². The average molecular weight is 329 g/mol. The van der Waals surface area contributed by atoms with Gasteiger partial charge in [-0.05, 0) is 45.2 Å². The van der Waals surface area contributed by atoms with Gasteiger partial charge in [0.05, 0.1) is 11.6 Å². The molecule has 0 saturated carbocycles. The molecule has 0 spiro atoms. The second-order valence-corrected chi connectivity index (χ2v) is 6.24. The molecule has 0 fully saturated rings. The highest BCUT2D eigenvalue weighted by Gasteiger charge is 2.20. The Kier molecular flexibility index (Phi) is 4.17. The van der Waals surface area contributed by atoms with E-state index in [1.807, 2.05) is 61.9 Å². The highest BCUT2D eigenvalue weighted by molar-refractivity contribution is 7.98. The van der Waals surface area contributed by atoms with Crippen LogP contribution in [-0.4, -0.2) is 21.5 Å². The fourth-order valence-corrected chi connectivity index (χ4v) is 3.28. The summed E-state index contributed by atoms with van der Waals surface area (Å²) in [5, 5.41) is 3.81. The van der Waals surface area contributed by atoms with Crippen LogP contribution in [0.5, 0.6) is 0 Å². The fourth-order valence-electron chi connectivity index (χ4n) is 2.74. The lowest BCUT2D eigenvalue weighted by atomic mass is 10.1. The summed E-state index contributed by atoms with van der Waals surface area (Å²) in [6.07, 6.45) is 3.86. The molecule has 0 radical (unpaired) electrons. The summed E-state index contributed by atoms with van der Waals surface area (Å²) < 4.78 is 7.47. The molecule has 0 unspecified atom stereocenters. The molecule has 5 nitrogen and oxygen atoms in total. The van der Waals surface area contributed by atoms with Gasteiger partial charge in [0.2, 0.25) is 0 Å². The second-order valence-electron chi connectivity index (χ2n) is 5.47. The molecule has 23 heavy (non-hydrogen) atoms. The Morgan fingerprint density at radius 1 is 1.39 bits per heavy atom. The summed E-state index contributed by atoms with van der Waals surface area (Å²) in [6.45, 7) is 5.75. The number of aryl methyl sites for hydroxylation is 2. The number of rotatable bonds is 4. The first-order valence-corrected chi connectivity index (χ1v) is 8.62. The fraction of sp³-hybridized carbons (Fsp3) is 0.294. The van der Waals surface area contributed by atoms with Crippen molar-refractivity contribution in [3.63, 3.8) is 0 Å². The van der Waals surface area contributed by atoms with E-state index >= 15 is 0 Å². The van der Waals surface area contributed by atoms with Crippen molar-refractivity contribution in [3.8, 4) is 0 Å². The minimum Gasteiger partial charge on any atom is -0.466 e. The van der Waals surface area contributed by atoms with Crippen LogP contribution in [0.3, 0.4) is 0 Å². The number of furan rings is 1. The number of carbonyl (C=O) groups excluding carboxylic acids is 1. The van der Waals surface area contributed by atoms with Gasteiger partial charge in [-0.1, -0.05) is 17.8 Å². The number of pyridine rings is 1. The predicted molar refractivity (Wildman–Crippen MR) is 91.0 cm³/mol. The molecule has 1 atom stereocenters. The Labute approximate surface area is 139 Å². The molecule has 0 aliphatic carbocycles.